The van der Waals surface area contributed by atoms with Gasteiger partial charge in [-0.3, -0.25) is 0 Å². The van der Waals surface area contributed by atoms with Crippen LogP contribution in [0.1, 0.15) is 23.7 Å². The number of methoxy groups -OCH3 is 1. The van der Waals surface area contributed by atoms with Gasteiger partial charge in [-0.2, -0.15) is 11.8 Å². The van der Waals surface area contributed by atoms with E-state index in [9.17, 15) is 0 Å². The fourth-order valence-corrected chi connectivity index (χ4v) is 3.55. The summed E-state index contributed by atoms with van der Waals surface area (Å²) in [4.78, 5) is 9.47. The molecule has 3 rings (SSSR count). The minimum Gasteiger partial charge on any atom is -0.496 e. The molecule has 1 N–H and O–H groups in total. The van der Waals surface area contributed by atoms with Crippen molar-refractivity contribution in [1.82, 2.24) is 9.97 Å². The van der Waals surface area contributed by atoms with Crippen LogP contribution in [0.15, 0.2) is 18.2 Å². The van der Waals surface area contributed by atoms with Crippen LogP contribution in [0.4, 0.5) is 5.82 Å². The second-order valence-corrected chi connectivity index (χ2v) is 6.01. The van der Waals surface area contributed by atoms with Gasteiger partial charge in [-0.15, -0.1) is 0 Å². The second-order valence-electron chi connectivity index (χ2n) is 5.03. The second kappa shape index (κ2) is 5.93. The van der Waals surface area contributed by atoms with Gasteiger partial charge in [0.25, 0.3) is 0 Å². The SMILES string of the molecule is CCNc1nc(-c2ccc(OC)c(C)c2)nc2c1CSC2. The van der Waals surface area contributed by atoms with Crippen LogP contribution in [0, 0.1) is 6.92 Å². The smallest absolute Gasteiger partial charge is 0.161 e. The molecule has 0 saturated carbocycles. The summed E-state index contributed by atoms with van der Waals surface area (Å²) in [5, 5.41) is 3.37. The topological polar surface area (TPSA) is 47.0 Å². The number of hydrogen-bond acceptors (Lipinski definition) is 5. The maximum Gasteiger partial charge on any atom is 0.161 e. The van der Waals surface area contributed by atoms with Crippen molar-refractivity contribution in [3.05, 3.63) is 35.0 Å². The molecule has 0 bridgehead atoms. The van der Waals surface area contributed by atoms with E-state index in [4.69, 9.17) is 14.7 Å². The van der Waals surface area contributed by atoms with Gasteiger partial charge in [0.1, 0.15) is 11.6 Å². The quantitative estimate of drug-likeness (QED) is 0.934. The Balaban J connectivity index is 2.06. The van der Waals surface area contributed by atoms with Crippen molar-refractivity contribution in [2.45, 2.75) is 25.4 Å². The van der Waals surface area contributed by atoms with Crippen LogP contribution >= 0.6 is 11.8 Å². The first-order chi connectivity index (χ1) is 10.2. The molecular weight excluding hydrogens is 282 g/mol. The van der Waals surface area contributed by atoms with Crippen molar-refractivity contribution in [3.63, 3.8) is 0 Å². The summed E-state index contributed by atoms with van der Waals surface area (Å²) in [6.07, 6.45) is 0. The van der Waals surface area contributed by atoms with Crippen LogP contribution in [0.5, 0.6) is 5.75 Å². The Morgan fingerprint density at radius 2 is 2.14 bits per heavy atom. The molecule has 5 heteroatoms. The van der Waals surface area contributed by atoms with E-state index in [-0.39, 0.29) is 0 Å². The van der Waals surface area contributed by atoms with Crippen molar-refractivity contribution < 1.29 is 4.74 Å². The monoisotopic (exact) mass is 301 g/mol. The molecule has 0 radical (unpaired) electrons. The van der Waals surface area contributed by atoms with E-state index in [1.807, 2.05) is 30.8 Å². The standard InChI is InChI=1S/C16H19N3OS/c1-4-17-16-12-8-21-9-13(12)18-15(19-16)11-5-6-14(20-3)10(2)7-11/h5-7H,4,8-9H2,1-3H3,(H,17,18,19). The average Bonchev–Trinajstić information content (AvgIpc) is 2.96. The summed E-state index contributed by atoms with van der Waals surface area (Å²) in [6, 6.07) is 6.08. The zero-order valence-electron chi connectivity index (χ0n) is 12.6. The van der Waals surface area contributed by atoms with Crippen molar-refractivity contribution in [2.75, 3.05) is 19.0 Å². The molecule has 0 fully saturated rings. The fraction of sp³-hybridized carbons (Fsp3) is 0.375. The predicted octanol–water partition coefficient (Wildman–Crippen LogP) is 3.64. The van der Waals surface area contributed by atoms with Gasteiger partial charge in [-0.1, -0.05) is 0 Å². The molecule has 2 heterocycles. The largest absolute Gasteiger partial charge is 0.496 e. The lowest BCUT2D eigenvalue weighted by molar-refractivity contribution is 0.412. The number of thioether (sulfide) groups is 1. The summed E-state index contributed by atoms with van der Waals surface area (Å²) in [5.74, 6) is 4.63. The molecule has 1 aliphatic heterocycles. The highest BCUT2D eigenvalue weighted by atomic mass is 32.2. The third kappa shape index (κ3) is 2.70. The van der Waals surface area contributed by atoms with Crippen LogP contribution in [-0.2, 0) is 11.5 Å². The first-order valence-electron chi connectivity index (χ1n) is 7.09. The van der Waals surface area contributed by atoms with Crippen LogP contribution in [0.25, 0.3) is 11.4 Å². The average molecular weight is 301 g/mol. The zero-order valence-corrected chi connectivity index (χ0v) is 13.4. The summed E-state index contributed by atoms with van der Waals surface area (Å²) >= 11 is 1.89. The van der Waals surface area contributed by atoms with E-state index in [1.54, 1.807) is 7.11 Å². The molecule has 0 unspecified atom stereocenters. The first-order valence-corrected chi connectivity index (χ1v) is 8.24. The summed E-state index contributed by atoms with van der Waals surface area (Å²) < 4.78 is 5.32. The zero-order chi connectivity index (χ0) is 14.8. The lowest BCUT2D eigenvalue weighted by Crippen LogP contribution is -2.06. The molecule has 21 heavy (non-hydrogen) atoms. The number of rotatable bonds is 4. The molecule has 0 spiro atoms. The van der Waals surface area contributed by atoms with E-state index < -0.39 is 0 Å². The van der Waals surface area contributed by atoms with Gasteiger partial charge in [0.15, 0.2) is 5.82 Å². The Morgan fingerprint density at radius 1 is 1.29 bits per heavy atom. The number of aromatic nitrogens is 2. The first kappa shape index (κ1) is 14.2. The van der Waals surface area contributed by atoms with E-state index in [0.717, 1.165) is 52.3 Å². The van der Waals surface area contributed by atoms with E-state index in [2.05, 4.69) is 18.3 Å². The lowest BCUT2D eigenvalue weighted by Gasteiger charge is -2.11. The van der Waals surface area contributed by atoms with Crippen molar-refractivity contribution in [2.24, 2.45) is 0 Å². The molecule has 1 aromatic carbocycles. The number of anilines is 1. The van der Waals surface area contributed by atoms with E-state index in [0.29, 0.717) is 0 Å². The molecule has 1 aromatic heterocycles. The Labute approximate surface area is 129 Å². The van der Waals surface area contributed by atoms with Crippen LogP contribution in [0.2, 0.25) is 0 Å². The maximum absolute atomic E-state index is 5.32. The highest BCUT2D eigenvalue weighted by molar-refractivity contribution is 7.98. The van der Waals surface area contributed by atoms with Crippen LogP contribution < -0.4 is 10.1 Å². The fourth-order valence-electron chi connectivity index (χ4n) is 2.51. The number of aryl methyl sites for hydroxylation is 1. The number of hydrogen-bond donors (Lipinski definition) is 1. The van der Waals surface area contributed by atoms with Crippen LogP contribution in [0.3, 0.4) is 0 Å². The van der Waals surface area contributed by atoms with Crippen molar-refractivity contribution in [1.29, 1.82) is 0 Å². The minimum absolute atomic E-state index is 0.790. The third-order valence-electron chi connectivity index (χ3n) is 3.58. The molecule has 2 aromatic rings. The summed E-state index contributed by atoms with van der Waals surface area (Å²) in [6.45, 7) is 5.00. The number of fused-ring (bicyclic) bond motifs is 1. The van der Waals surface area contributed by atoms with E-state index in [1.165, 1.54) is 5.56 Å². The number of nitrogens with one attached hydrogen (secondary N) is 1. The lowest BCUT2D eigenvalue weighted by atomic mass is 10.1. The van der Waals surface area contributed by atoms with Gasteiger partial charge in [0.05, 0.1) is 12.8 Å². The van der Waals surface area contributed by atoms with E-state index >= 15 is 0 Å². The van der Waals surface area contributed by atoms with Gasteiger partial charge in [0.2, 0.25) is 0 Å². The van der Waals surface area contributed by atoms with Gasteiger partial charge in [-0.05, 0) is 37.6 Å². The van der Waals surface area contributed by atoms with Crippen molar-refractivity contribution in [3.8, 4) is 17.1 Å². The Kier molecular flexibility index (Phi) is 4.01. The highest BCUT2D eigenvalue weighted by Crippen LogP contribution is 2.35. The normalized spacial score (nSPS) is 13.1. The summed E-state index contributed by atoms with van der Waals surface area (Å²) in [5.41, 5.74) is 4.55. The molecule has 4 nitrogen and oxygen atoms in total. The Morgan fingerprint density at radius 3 is 2.86 bits per heavy atom. The van der Waals surface area contributed by atoms with Gasteiger partial charge in [0, 0.05) is 29.2 Å². The van der Waals surface area contributed by atoms with Crippen molar-refractivity contribution >= 4 is 17.6 Å². The summed E-state index contributed by atoms with van der Waals surface area (Å²) in [7, 11) is 1.69. The highest BCUT2D eigenvalue weighted by Gasteiger charge is 2.20. The molecule has 0 amide bonds. The molecule has 0 atom stereocenters. The molecule has 110 valence electrons. The Bertz CT molecular complexity index is 673. The third-order valence-corrected chi connectivity index (χ3v) is 4.55. The molecule has 1 aliphatic rings. The molecular formula is C16H19N3OS. The number of benzene rings is 1. The molecule has 0 aliphatic carbocycles. The number of nitrogens with zero attached hydrogens (tertiary/aromatic N) is 2. The maximum atomic E-state index is 5.32. The van der Waals surface area contributed by atoms with Crippen LogP contribution in [-0.4, -0.2) is 23.6 Å². The predicted molar refractivity (Wildman–Crippen MR) is 87.9 cm³/mol. The van der Waals surface area contributed by atoms with Gasteiger partial charge >= 0.3 is 0 Å². The minimum atomic E-state index is 0.790. The van der Waals surface area contributed by atoms with Gasteiger partial charge < -0.3 is 10.1 Å². The van der Waals surface area contributed by atoms with Gasteiger partial charge in [-0.25, -0.2) is 9.97 Å². The number of ether oxygens (including phenoxy) is 1. The molecule has 0 saturated heterocycles. The Hall–Kier alpha value is -1.75.